The summed E-state index contributed by atoms with van der Waals surface area (Å²) in [5.74, 6) is 1.34. The number of hydrogen-bond acceptors (Lipinski definition) is 2. The molecule has 0 unspecified atom stereocenters. The Kier molecular flexibility index (Phi) is 8.22. The Balaban J connectivity index is 0.00000127. The van der Waals surface area contributed by atoms with Crippen molar-refractivity contribution in [3.8, 4) is 0 Å². The van der Waals surface area contributed by atoms with Crippen LogP contribution in [0.1, 0.15) is 37.5 Å². The second kappa shape index (κ2) is 10.2. The number of aryl methyl sites for hydroxylation is 1. The van der Waals surface area contributed by atoms with Crippen molar-refractivity contribution in [2.75, 3.05) is 7.11 Å². The van der Waals surface area contributed by atoms with Gasteiger partial charge in [0.1, 0.15) is 12.9 Å². The molecule has 0 heterocycles. The Hall–Kier alpha value is -2.55. The van der Waals surface area contributed by atoms with Crippen LogP contribution in [-0.4, -0.2) is 13.0 Å². The lowest BCUT2D eigenvalue weighted by Crippen LogP contribution is -2.71. The van der Waals surface area contributed by atoms with Crippen molar-refractivity contribution in [1.29, 1.82) is 0 Å². The third-order valence-electron chi connectivity index (χ3n) is 3.04. The van der Waals surface area contributed by atoms with E-state index in [1.165, 1.54) is 5.56 Å². The van der Waals surface area contributed by atoms with Crippen LogP contribution in [0, 0.1) is 6.92 Å². The van der Waals surface area contributed by atoms with E-state index in [4.69, 9.17) is 9.57 Å². The molecule has 0 aliphatic carbocycles. The van der Waals surface area contributed by atoms with Crippen molar-refractivity contribution >= 4 is 11.7 Å². The molecule has 0 fully saturated rings. The maximum absolute atomic E-state index is 5.99. The molecule has 23 heavy (non-hydrogen) atoms. The molecule has 122 valence electrons. The lowest BCUT2D eigenvalue weighted by molar-refractivity contribution is -0.748. The van der Waals surface area contributed by atoms with E-state index in [-0.39, 0.29) is 0 Å². The van der Waals surface area contributed by atoms with Gasteiger partial charge in [-0.3, -0.25) is 4.84 Å². The summed E-state index contributed by atoms with van der Waals surface area (Å²) in [4.78, 5) is 5.03. The van der Waals surface area contributed by atoms with E-state index < -0.39 is 0 Å². The summed E-state index contributed by atoms with van der Waals surface area (Å²) < 4.78 is 5.99. The van der Waals surface area contributed by atoms with E-state index >= 15 is 0 Å². The minimum absolute atomic E-state index is 0.564. The maximum Gasteiger partial charge on any atom is 0.421 e. The van der Waals surface area contributed by atoms with Gasteiger partial charge in [0.05, 0.1) is 5.56 Å². The molecule has 3 nitrogen and oxygen atoms in total. The summed E-state index contributed by atoms with van der Waals surface area (Å²) in [6, 6.07) is 18.0. The third kappa shape index (κ3) is 5.62. The van der Waals surface area contributed by atoms with Gasteiger partial charge in [0.2, 0.25) is 0 Å². The number of hydrogen-bond donors (Lipinski definition) is 1. The second-order valence-corrected chi connectivity index (χ2v) is 4.62. The molecule has 0 aromatic heterocycles. The summed E-state index contributed by atoms with van der Waals surface area (Å²) >= 11 is 0. The lowest BCUT2D eigenvalue weighted by Gasteiger charge is -2.08. The Morgan fingerprint density at radius 2 is 1.52 bits per heavy atom. The van der Waals surface area contributed by atoms with Gasteiger partial charge in [0, 0.05) is 10.7 Å². The average Bonchev–Trinajstić information content (AvgIpc) is 2.62. The highest BCUT2D eigenvalue weighted by molar-refractivity contribution is 5.93. The summed E-state index contributed by atoms with van der Waals surface area (Å²) in [5, 5.41) is 2.81. The molecule has 0 saturated carbocycles. The molecule has 0 aliphatic rings. The summed E-state index contributed by atoms with van der Waals surface area (Å²) in [5.41, 5.74) is 3.14. The molecule has 0 bridgehead atoms. The van der Waals surface area contributed by atoms with Crippen molar-refractivity contribution in [1.82, 2.24) is 0 Å². The Bertz CT molecular complexity index is 628. The van der Waals surface area contributed by atoms with Crippen LogP contribution < -0.4 is 5.16 Å². The molecule has 2 aromatic carbocycles. The van der Waals surface area contributed by atoms with Crippen LogP contribution in [-0.2, 0) is 9.57 Å². The Morgan fingerprint density at radius 3 is 2.04 bits per heavy atom. The quantitative estimate of drug-likeness (QED) is 0.406. The van der Waals surface area contributed by atoms with Crippen LogP contribution in [0.4, 0.5) is 0 Å². The zero-order valence-electron chi connectivity index (χ0n) is 14.6. The number of benzene rings is 2. The fourth-order valence-corrected chi connectivity index (χ4v) is 1.93. The smallest absolute Gasteiger partial charge is 0.402 e. The first kappa shape index (κ1) is 18.5. The van der Waals surface area contributed by atoms with Crippen LogP contribution >= 0.6 is 0 Å². The normalized spacial score (nSPS) is 11.3. The van der Waals surface area contributed by atoms with Crippen LogP contribution in [0.25, 0.3) is 5.76 Å². The summed E-state index contributed by atoms with van der Waals surface area (Å²) in [6.07, 6.45) is 1.93. The van der Waals surface area contributed by atoms with Crippen molar-refractivity contribution < 1.29 is 14.7 Å². The highest BCUT2D eigenvalue weighted by Gasteiger charge is 2.16. The van der Waals surface area contributed by atoms with Gasteiger partial charge in [-0.15, -0.1) is 0 Å². The van der Waals surface area contributed by atoms with Crippen LogP contribution in [0.15, 0.2) is 60.7 Å². The van der Waals surface area contributed by atoms with E-state index in [0.29, 0.717) is 5.90 Å². The summed E-state index contributed by atoms with van der Waals surface area (Å²) in [7, 11) is 1.56. The first-order chi connectivity index (χ1) is 11.2. The third-order valence-corrected chi connectivity index (χ3v) is 3.04. The molecule has 2 rings (SSSR count). The molecule has 0 aliphatic heterocycles. The average molecular weight is 312 g/mol. The largest absolute Gasteiger partial charge is 0.421 e. The van der Waals surface area contributed by atoms with Crippen molar-refractivity contribution in [2.24, 2.45) is 0 Å². The highest BCUT2D eigenvalue weighted by atomic mass is 16.6. The monoisotopic (exact) mass is 312 g/mol. The lowest BCUT2D eigenvalue weighted by atomic mass is 10.1. The molecule has 1 N–H and O–H groups in total. The van der Waals surface area contributed by atoms with Gasteiger partial charge in [0.25, 0.3) is 0 Å². The van der Waals surface area contributed by atoms with E-state index in [9.17, 15) is 0 Å². The maximum atomic E-state index is 5.99. The molecular formula is C20H26NO2+. The van der Waals surface area contributed by atoms with Gasteiger partial charge in [-0.1, -0.05) is 61.9 Å². The fourth-order valence-electron chi connectivity index (χ4n) is 1.93. The number of ether oxygens (including phenoxy) is 1. The fraction of sp³-hybridized carbons (Fsp3) is 0.250. The number of allylic oxidation sites excluding steroid dienone is 1. The highest BCUT2D eigenvalue weighted by Crippen LogP contribution is 2.17. The molecule has 0 atom stereocenters. The summed E-state index contributed by atoms with van der Waals surface area (Å²) in [6.45, 7) is 8.00. The van der Waals surface area contributed by atoms with E-state index in [1.807, 2.05) is 81.4 Å². The van der Waals surface area contributed by atoms with Gasteiger partial charge in [-0.05, 0) is 32.1 Å². The van der Waals surface area contributed by atoms with Crippen molar-refractivity contribution in [2.45, 2.75) is 27.7 Å². The number of nitrogens with one attached hydrogen (secondary N) is 1. The molecular weight excluding hydrogens is 286 g/mol. The molecule has 0 spiro atoms. The Morgan fingerprint density at radius 1 is 0.913 bits per heavy atom. The molecule has 0 amide bonds. The van der Waals surface area contributed by atoms with Gasteiger partial charge in [0.15, 0.2) is 0 Å². The zero-order chi connectivity index (χ0) is 17.1. The first-order valence-corrected chi connectivity index (χ1v) is 7.87. The van der Waals surface area contributed by atoms with Crippen LogP contribution in [0.3, 0.4) is 0 Å². The standard InChI is InChI=1S/C18H19NO2.C2H6/c1-4-17(15-8-6-5-7-9-15)21-18(19-20-3)16-12-10-14(2)11-13-16;1-2/h4-13H,1-3H3;1-2H3/p+1/b17-4+,19-18+;. The van der Waals surface area contributed by atoms with Crippen molar-refractivity contribution in [3.63, 3.8) is 0 Å². The van der Waals surface area contributed by atoms with Crippen LogP contribution in [0.5, 0.6) is 0 Å². The SMILES string of the molecule is C/C=C(/O/C(=[NH+]/OC)c1ccc(C)cc1)c1ccccc1.CC. The van der Waals surface area contributed by atoms with Crippen molar-refractivity contribution in [3.05, 3.63) is 77.4 Å². The van der Waals surface area contributed by atoms with Gasteiger partial charge >= 0.3 is 5.90 Å². The predicted octanol–water partition coefficient (Wildman–Crippen LogP) is 3.49. The minimum atomic E-state index is 0.564. The zero-order valence-corrected chi connectivity index (χ0v) is 14.6. The second-order valence-electron chi connectivity index (χ2n) is 4.62. The Labute approximate surface area is 139 Å². The molecule has 0 saturated heterocycles. The van der Waals surface area contributed by atoms with Gasteiger partial charge < -0.3 is 4.74 Å². The first-order valence-electron chi connectivity index (χ1n) is 7.87. The van der Waals surface area contributed by atoms with Gasteiger partial charge in [-0.2, -0.15) is 0 Å². The van der Waals surface area contributed by atoms with E-state index in [0.717, 1.165) is 16.9 Å². The molecule has 0 radical (unpaired) electrons. The van der Waals surface area contributed by atoms with E-state index in [2.05, 4.69) is 12.1 Å². The molecule has 2 aromatic rings. The van der Waals surface area contributed by atoms with Crippen LogP contribution in [0.2, 0.25) is 0 Å². The molecule has 3 heteroatoms. The van der Waals surface area contributed by atoms with E-state index in [1.54, 1.807) is 7.11 Å². The van der Waals surface area contributed by atoms with Gasteiger partial charge in [-0.25, -0.2) is 0 Å². The predicted molar refractivity (Wildman–Crippen MR) is 95.8 cm³/mol. The topological polar surface area (TPSA) is 32.4 Å². The minimum Gasteiger partial charge on any atom is -0.402 e. The number of rotatable bonds is 4.